The third-order valence-corrected chi connectivity index (χ3v) is 3.72. The highest BCUT2D eigenvalue weighted by atomic mass is 127. The van der Waals surface area contributed by atoms with Gasteiger partial charge in [-0.1, -0.05) is 12.1 Å². The Hall–Kier alpha value is -1.06. The second kappa shape index (κ2) is 11.5. The van der Waals surface area contributed by atoms with Crippen LogP contribution in [-0.2, 0) is 16.0 Å². The van der Waals surface area contributed by atoms with Gasteiger partial charge in [0.15, 0.2) is 5.96 Å². The fourth-order valence-corrected chi connectivity index (χ4v) is 2.37. The Labute approximate surface area is 161 Å². The zero-order valence-corrected chi connectivity index (χ0v) is 16.8. The standard InChI is InChI=1S/C17H27N3O3.HI/c1-14-4-5-15(16(12-14)23-9-3-8-21-2)13-19-17(18)20-6-10-22-11-7-20;/h4-5,12H,3,6-11,13H2,1-2H3,(H2,18,19);1H. The molecule has 1 aliphatic heterocycles. The van der Waals surface area contributed by atoms with Crippen molar-refractivity contribution in [1.29, 1.82) is 0 Å². The molecule has 0 aromatic heterocycles. The van der Waals surface area contributed by atoms with Crippen LogP contribution in [0.5, 0.6) is 5.75 Å². The van der Waals surface area contributed by atoms with E-state index in [0.29, 0.717) is 38.9 Å². The zero-order chi connectivity index (χ0) is 16.5. The van der Waals surface area contributed by atoms with Crippen LogP contribution in [-0.4, -0.2) is 57.5 Å². The van der Waals surface area contributed by atoms with Crippen molar-refractivity contribution in [3.63, 3.8) is 0 Å². The van der Waals surface area contributed by atoms with Gasteiger partial charge in [-0.15, -0.1) is 24.0 Å². The topological polar surface area (TPSA) is 69.3 Å². The number of aryl methyl sites for hydroxylation is 1. The number of hydrogen-bond acceptors (Lipinski definition) is 4. The summed E-state index contributed by atoms with van der Waals surface area (Å²) in [6, 6.07) is 6.16. The second-order valence-corrected chi connectivity index (χ2v) is 5.58. The monoisotopic (exact) mass is 449 g/mol. The first-order chi connectivity index (χ1) is 11.2. The molecule has 1 saturated heterocycles. The van der Waals surface area contributed by atoms with Crippen LogP contribution >= 0.6 is 24.0 Å². The Morgan fingerprint density at radius 2 is 2.04 bits per heavy atom. The zero-order valence-electron chi connectivity index (χ0n) is 14.5. The first-order valence-electron chi connectivity index (χ1n) is 8.04. The lowest BCUT2D eigenvalue weighted by molar-refractivity contribution is 0.0674. The van der Waals surface area contributed by atoms with E-state index in [1.807, 2.05) is 6.07 Å². The van der Waals surface area contributed by atoms with Crippen LogP contribution in [0.2, 0.25) is 0 Å². The summed E-state index contributed by atoms with van der Waals surface area (Å²) in [6.45, 7) is 6.90. The van der Waals surface area contributed by atoms with Gasteiger partial charge < -0.3 is 24.8 Å². The lowest BCUT2D eigenvalue weighted by atomic mass is 10.1. The van der Waals surface area contributed by atoms with Crippen LogP contribution < -0.4 is 10.5 Å². The number of nitrogens with two attached hydrogens (primary N) is 1. The summed E-state index contributed by atoms with van der Waals surface area (Å²) in [5.41, 5.74) is 8.29. The van der Waals surface area contributed by atoms with E-state index in [9.17, 15) is 0 Å². The molecule has 0 amide bonds. The van der Waals surface area contributed by atoms with E-state index in [4.69, 9.17) is 19.9 Å². The van der Waals surface area contributed by atoms with E-state index >= 15 is 0 Å². The normalized spacial score (nSPS) is 15.1. The van der Waals surface area contributed by atoms with E-state index in [1.165, 1.54) is 5.56 Å². The minimum absolute atomic E-state index is 0. The van der Waals surface area contributed by atoms with E-state index in [0.717, 1.165) is 30.8 Å². The molecule has 1 aliphatic rings. The van der Waals surface area contributed by atoms with Crippen LogP contribution in [0.25, 0.3) is 0 Å². The van der Waals surface area contributed by atoms with Gasteiger partial charge in [0.2, 0.25) is 0 Å². The third kappa shape index (κ3) is 6.82. The summed E-state index contributed by atoms with van der Waals surface area (Å²) in [7, 11) is 1.70. The fourth-order valence-electron chi connectivity index (χ4n) is 2.37. The fraction of sp³-hybridized carbons (Fsp3) is 0.588. The molecule has 0 bridgehead atoms. The molecule has 2 rings (SSSR count). The molecule has 0 radical (unpaired) electrons. The highest BCUT2D eigenvalue weighted by Gasteiger charge is 2.12. The SMILES string of the molecule is COCCCOc1cc(C)ccc1CN=C(N)N1CCOCC1.I. The molecule has 1 fully saturated rings. The summed E-state index contributed by atoms with van der Waals surface area (Å²) >= 11 is 0. The number of hydrogen-bond donors (Lipinski definition) is 1. The van der Waals surface area contributed by atoms with Crippen LogP contribution in [0.15, 0.2) is 23.2 Å². The molecule has 0 atom stereocenters. The summed E-state index contributed by atoms with van der Waals surface area (Å²) in [6.07, 6.45) is 0.864. The van der Waals surface area contributed by atoms with Gasteiger partial charge >= 0.3 is 0 Å². The van der Waals surface area contributed by atoms with E-state index in [2.05, 4.69) is 28.9 Å². The van der Waals surface area contributed by atoms with Crippen molar-refractivity contribution in [2.24, 2.45) is 10.7 Å². The molecule has 136 valence electrons. The molecule has 0 saturated carbocycles. The van der Waals surface area contributed by atoms with Gasteiger partial charge in [0, 0.05) is 38.8 Å². The molecule has 1 aromatic rings. The molecule has 7 heteroatoms. The molecule has 1 aromatic carbocycles. The average molecular weight is 449 g/mol. The second-order valence-electron chi connectivity index (χ2n) is 5.58. The van der Waals surface area contributed by atoms with Crippen molar-refractivity contribution in [3.8, 4) is 5.75 Å². The molecule has 1 heterocycles. The van der Waals surface area contributed by atoms with Crippen LogP contribution in [0, 0.1) is 6.92 Å². The van der Waals surface area contributed by atoms with E-state index in [1.54, 1.807) is 7.11 Å². The maximum absolute atomic E-state index is 6.08. The number of aliphatic imine (C=N–C) groups is 1. The van der Waals surface area contributed by atoms with Crippen molar-refractivity contribution in [3.05, 3.63) is 29.3 Å². The molecule has 0 unspecified atom stereocenters. The molecule has 0 spiro atoms. The van der Waals surface area contributed by atoms with Gasteiger partial charge in [-0.25, -0.2) is 4.99 Å². The maximum Gasteiger partial charge on any atom is 0.191 e. The van der Waals surface area contributed by atoms with Gasteiger partial charge in [-0.2, -0.15) is 0 Å². The first-order valence-corrected chi connectivity index (χ1v) is 8.04. The molecular weight excluding hydrogens is 421 g/mol. The number of guanidine groups is 1. The lowest BCUT2D eigenvalue weighted by Gasteiger charge is -2.27. The molecule has 2 N–H and O–H groups in total. The maximum atomic E-state index is 6.08. The summed E-state index contributed by atoms with van der Waals surface area (Å²) in [5.74, 6) is 1.44. The average Bonchev–Trinajstić information content (AvgIpc) is 2.58. The highest BCUT2D eigenvalue weighted by Crippen LogP contribution is 2.21. The van der Waals surface area contributed by atoms with Crippen molar-refractivity contribution >= 4 is 29.9 Å². The predicted molar refractivity (Wildman–Crippen MR) is 106 cm³/mol. The summed E-state index contributed by atoms with van der Waals surface area (Å²) < 4.78 is 16.2. The highest BCUT2D eigenvalue weighted by molar-refractivity contribution is 14.0. The molecule has 6 nitrogen and oxygen atoms in total. The smallest absolute Gasteiger partial charge is 0.191 e. The van der Waals surface area contributed by atoms with Gasteiger partial charge in [0.25, 0.3) is 0 Å². The Kier molecular flexibility index (Phi) is 10.0. The van der Waals surface area contributed by atoms with Crippen molar-refractivity contribution in [2.45, 2.75) is 19.9 Å². The number of halogens is 1. The summed E-state index contributed by atoms with van der Waals surface area (Å²) in [5, 5.41) is 0. The Morgan fingerprint density at radius 1 is 1.29 bits per heavy atom. The Bertz CT molecular complexity index is 520. The number of rotatable bonds is 7. The van der Waals surface area contributed by atoms with Gasteiger partial charge in [0.1, 0.15) is 5.75 Å². The number of nitrogens with zero attached hydrogens (tertiary/aromatic N) is 2. The number of methoxy groups -OCH3 is 1. The minimum Gasteiger partial charge on any atom is -0.493 e. The minimum atomic E-state index is 0. The van der Waals surface area contributed by atoms with Crippen LogP contribution in [0.1, 0.15) is 17.5 Å². The van der Waals surface area contributed by atoms with Gasteiger partial charge in [0.05, 0.1) is 26.4 Å². The van der Waals surface area contributed by atoms with Crippen LogP contribution in [0.3, 0.4) is 0 Å². The van der Waals surface area contributed by atoms with Crippen molar-refractivity contribution in [1.82, 2.24) is 4.90 Å². The van der Waals surface area contributed by atoms with Crippen molar-refractivity contribution < 1.29 is 14.2 Å². The quantitative estimate of drug-likeness (QED) is 0.299. The van der Waals surface area contributed by atoms with Crippen molar-refractivity contribution in [2.75, 3.05) is 46.6 Å². The van der Waals surface area contributed by atoms with Gasteiger partial charge in [-0.05, 0) is 18.6 Å². The number of benzene rings is 1. The first kappa shape index (κ1) is 21.0. The van der Waals surface area contributed by atoms with E-state index < -0.39 is 0 Å². The summed E-state index contributed by atoms with van der Waals surface area (Å²) in [4.78, 5) is 6.57. The van der Waals surface area contributed by atoms with Gasteiger partial charge in [-0.3, -0.25) is 0 Å². The Balaban J connectivity index is 0.00000288. The predicted octanol–water partition coefficient (Wildman–Crippen LogP) is 2.18. The number of morpholine rings is 1. The molecule has 0 aliphatic carbocycles. The third-order valence-electron chi connectivity index (χ3n) is 3.72. The lowest BCUT2D eigenvalue weighted by Crippen LogP contribution is -2.44. The van der Waals surface area contributed by atoms with E-state index in [-0.39, 0.29) is 24.0 Å². The molecule has 24 heavy (non-hydrogen) atoms. The van der Waals surface area contributed by atoms with Crippen LogP contribution in [0.4, 0.5) is 0 Å². The molecular formula is C17H28IN3O3. The number of ether oxygens (including phenoxy) is 3. The largest absolute Gasteiger partial charge is 0.493 e. The Morgan fingerprint density at radius 3 is 2.75 bits per heavy atom.